The van der Waals surface area contributed by atoms with Crippen molar-refractivity contribution in [2.75, 3.05) is 30.5 Å². The highest BCUT2D eigenvalue weighted by Gasteiger charge is 2.14. The summed E-state index contributed by atoms with van der Waals surface area (Å²) < 4.78 is 12.6. The number of fused-ring (bicyclic) bond motifs is 1. The SMILES string of the molecule is CSc1nnc(SCCC(=O)NC(=O)Nc2ccc3c(c2)OCCO3)s1. The van der Waals surface area contributed by atoms with Crippen molar-refractivity contribution in [3.05, 3.63) is 18.2 Å². The van der Waals surface area contributed by atoms with Crippen LogP contribution in [0.15, 0.2) is 26.9 Å². The quantitative estimate of drug-likeness (QED) is 0.698. The van der Waals surface area contributed by atoms with Crippen LogP contribution in [-0.4, -0.2) is 47.4 Å². The topological polar surface area (TPSA) is 102 Å². The summed E-state index contributed by atoms with van der Waals surface area (Å²) in [6.07, 6.45) is 2.14. The van der Waals surface area contributed by atoms with Crippen LogP contribution in [-0.2, 0) is 4.79 Å². The zero-order valence-corrected chi connectivity index (χ0v) is 16.3. The second kappa shape index (κ2) is 9.10. The van der Waals surface area contributed by atoms with Gasteiger partial charge in [-0.3, -0.25) is 10.1 Å². The van der Waals surface area contributed by atoms with Gasteiger partial charge in [-0.05, 0) is 18.4 Å². The summed E-state index contributed by atoms with van der Waals surface area (Å²) in [6, 6.07) is 4.48. The zero-order chi connectivity index (χ0) is 18.4. The van der Waals surface area contributed by atoms with Crippen LogP contribution in [0.4, 0.5) is 10.5 Å². The highest BCUT2D eigenvalue weighted by Crippen LogP contribution is 2.32. The molecule has 0 bridgehead atoms. The normalized spacial score (nSPS) is 12.5. The molecule has 138 valence electrons. The Hall–Kier alpha value is -1.98. The molecular formula is C15H16N4O4S3. The summed E-state index contributed by atoms with van der Waals surface area (Å²) >= 11 is 4.45. The number of amides is 3. The Morgan fingerprint density at radius 2 is 1.96 bits per heavy atom. The predicted octanol–water partition coefficient (Wildman–Crippen LogP) is 2.86. The van der Waals surface area contributed by atoms with E-state index < -0.39 is 6.03 Å². The number of anilines is 1. The van der Waals surface area contributed by atoms with Crippen LogP contribution < -0.4 is 20.1 Å². The van der Waals surface area contributed by atoms with Gasteiger partial charge in [0.2, 0.25) is 5.91 Å². The van der Waals surface area contributed by atoms with E-state index in [0.29, 0.717) is 36.2 Å². The number of aromatic nitrogens is 2. The van der Waals surface area contributed by atoms with Crippen molar-refractivity contribution in [3.63, 3.8) is 0 Å². The third kappa shape index (κ3) is 5.26. The number of benzene rings is 1. The Morgan fingerprint density at radius 3 is 2.73 bits per heavy atom. The molecule has 1 aromatic heterocycles. The van der Waals surface area contributed by atoms with Gasteiger partial charge in [0.05, 0.1) is 0 Å². The summed E-state index contributed by atoms with van der Waals surface area (Å²) in [7, 11) is 0. The van der Waals surface area contributed by atoms with Crippen LogP contribution in [0.3, 0.4) is 0 Å². The molecule has 26 heavy (non-hydrogen) atoms. The van der Waals surface area contributed by atoms with Crippen molar-refractivity contribution in [2.24, 2.45) is 0 Å². The summed E-state index contributed by atoms with van der Waals surface area (Å²) in [5.74, 6) is 1.36. The smallest absolute Gasteiger partial charge is 0.325 e. The monoisotopic (exact) mass is 412 g/mol. The molecule has 0 unspecified atom stereocenters. The fourth-order valence-corrected chi connectivity index (χ4v) is 4.49. The van der Waals surface area contributed by atoms with Crippen molar-refractivity contribution in [3.8, 4) is 11.5 Å². The minimum atomic E-state index is -0.586. The fourth-order valence-electron chi connectivity index (χ4n) is 2.04. The van der Waals surface area contributed by atoms with Crippen LogP contribution in [0.2, 0.25) is 0 Å². The Morgan fingerprint density at radius 1 is 1.19 bits per heavy atom. The number of urea groups is 1. The summed E-state index contributed by atoms with van der Waals surface area (Å²) in [6.45, 7) is 0.967. The molecule has 0 saturated heterocycles. The van der Waals surface area contributed by atoms with Crippen molar-refractivity contribution >= 4 is 52.5 Å². The number of carbonyl (C=O) groups excluding carboxylic acids is 2. The number of thioether (sulfide) groups is 2. The maximum atomic E-state index is 11.9. The molecule has 3 rings (SSSR count). The van der Waals surface area contributed by atoms with E-state index in [2.05, 4.69) is 20.8 Å². The van der Waals surface area contributed by atoms with E-state index in [0.717, 1.165) is 8.68 Å². The van der Waals surface area contributed by atoms with E-state index in [-0.39, 0.29) is 12.3 Å². The molecule has 0 spiro atoms. The number of imide groups is 1. The lowest BCUT2D eigenvalue weighted by Gasteiger charge is -2.19. The first-order valence-electron chi connectivity index (χ1n) is 7.65. The minimum absolute atomic E-state index is 0.202. The predicted molar refractivity (Wildman–Crippen MR) is 102 cm³/mol. The van der Waals surface area contributed by atoms with E-state index in [1.165, 1.54) is 34.9 Å². The average Bonchev–Trinajstić information content (AvgIpc) is 3.09. The van der Waals surface area contributed by atoms with E-state index in [9.17, 15) is 9.59 Å². The third-order valence-electron chi connectivity index (χ3n) is 3.17. The summed E-state index contributed by atoms with van der Waals surface area (Å²) in [5.41, 5.74) is 0.521. The number of rotatable bonds is 6. The minimum Gasteiger partial charge on any atom is -0.486 e. The number of hydrogen-bond donors (Lipinski definition) is 2. The van der Waals surface area contributed by atoms with Crippen LogP contribution >= 0.6 is 34.9 Å². The Bertz CT molecular complexity index is 799. The molecule has 2 heterocycles. The third-order valence-corrected chi connectivity index (χ3v) is 6.20. The standard InChI is InChI=1S/C15H16N4O4S3/c1-24-14-18-19-15(26-14)25-7-4-12(20)17-13(21)16-9-2-3-10-11(8-9)23-6-5-22-10/h2-3,8H,4-7H2,1H3,(H2,16,17,20,21). The molecule has 2 aromatic rings. The highest BCUT2D eigenvalue weighted by molar-refractivity contribution is 8.02. The van der Waals surface area contributed by atoms with E-state index >= 15 is 0 Å². The van der Waals surface area contributed by atoms with Crippen molar-refractivity contribution in [2.45, 2.75) is 15.1 Å². The van der Waals surface area contributed by atoms with Gasteiger partial charge < -0.3 is 14.8 Å². The molecule has 1 aliphatic rings. The lowest BCUT2D eigenvalue weighted by Crippen LogP contribution is -2.34. The van der Waals surface area contributed by atoms with Gasteiger partial charge in [0.1, 0.15) is 13.2 Å². The summed E-state index contributed by atoms with van der Waals surface area (Å²) in [5, 5.41) is 12.9. The molecule has 0 saturated carbocycles. The molecule has 8 nitrogen and oxygen atoms in total. The first-order chi connectivity index (χ1) is 12.6. The average molecular weight is 413 g/mol. The van der Waals surface area contributed by atoms with Crippen LogP contribution in [0.25, 0.3) is 0 Å². The summed E-state index contributed by atoms with van der Waals surface area (Å²) in [4.78, 5) is 23.8. The molecule has 3 amide bonds. The molecule has 2 N–H and O–H groups in total. The lowest BCUT2D eigenvalue weighted by molar-refractivity contribution is -0.119. The van der Waals surface area contributed by atoms with Gasteiger partial charge in [-0.15, -0.1) is 10.2 Å². The van der Waals surface area contributed by atoms with Crippen molar-refractivity contribution in [1.29, 1.82) is 0 Å². The fraction of sp³-hybridized carbons (Fsp3) is 0.333. The van der Waals surface area contributed by atoms with Gasteiger partial charge in [-0.2, -0.15) is 0 Å². The maximum absolute atomic E-state index is 11.9. The van der Waals surface area contributed by atoms with Crippen LogP contribution in [0, 0.1) is 0 Å². The molecular weight excluding hydrogens is 396 g/mol. The molecule has 1 aliphatic heterocycles. The van der Waals surface area contributed by atoms with Gasteiger partial charge in [-0.1, -0.05) is 34.9 Å². The Kier molecular flexibility index (Phi) is 6.58. The molecule has 0 atom stereocenters. The Balaban J connectivity index is 1.42. The zero-order valence-electron chi connectivity index (χ0n) is 13.8. The number of nitrogens with zero attached hydrogens (tertiary/aromatic N) is 2. The van der Waals surface area contributed by atoms with Crippen LogP contribution in [0.1, 0.15) is 6.42 Å². The maximum Gasteiger partial charge on any atom is 0.325 e. The molecule has 11 heteroatoms. The number of nitrogens with one attached hydrogen (secondary N) is 2. The number of hydrogen-bond acceptors (Lipinski definition) is 9. The number of ether oxygens (including phenoxy) is 2. The van der Waals surface area contributed by atoms with Crippen molar-refractivity contribution in [1.82, 2.24) is 15.5 Å². The van der Waals surface area contributed by atoms with E-state index in [1.807, 2.05) is 6.26 Å². The first kappa shape index (κ1) is 18.8. The van der Waals surface area contributed by atoms with E-state index in [1.54, 1.807) is 18.2 Å². The first-order valence-corrected chi connectivity index (χ1v) is 10.7. The van der Waals surface area contributed by atoms with Crippen molar-refractivity contribution < 1.29 is 19.1 Å². The molecule has 0 radical (unpaired) electrons. The Labute approximate surface area is 162 Å². The molecule has 0 fully saturated rings. The van der Waals surface area contributed by atoms with Gasteiger partial charge in [0, 0.05) is 23.9 Å². The lowest BCUT2D eigenvalue weighted by atomic mass is 10.2. The van der Waals surface area contributed by atoms with Crippen LogP contribution in [0.5, 0.6) is 11.5 Å². The van der Waals surface area contributed by atoms with Gasteiger partial charge in [0.25, 0.3) is 0 Å². The largest absolute Gasteiger partial charge is 0.486 e. The number of carbonyl (C=O) groups is 2. The second-order valence-electron chi connectivity index (χ2n) is 5.00. The van der Waals surface area contributed by atoms with E-state index in [4.69, 9.17) is 9.47 Å². The molecule has 0 aliphatic carbocycles. The van der Waals surface area contributed by atoms with Gasteiger partial charge in [0.15, 0.2) is 20.2 Å². The van der Waals surface area contributed by atoms with Gasteiger partial charge >= 0.3 is 6.03 Å². The highest BCUT2D eigenvalue weighted by atomic mass is 32.2. The van der Waals surface area contributed by atoms with Gasteiger partial charge in [-0.25, -0.2) is 4.79 Å². The molecule has 1 aromatic carbocycles. The second-order valence-corrected chi connectivity index (χ2v) is 8.37.